The second-order valence-electron chi connectivity index (χ2n) is 4.20. The summed E-state index contributed by atoms with van der Waals surface area (Å²) in [6.07, 6.45) is 0.815. The molecule has 0 aliphatic carbocycles. The lowest BCUT2D eigenvalue weighted by Gasteiger charge is -2.11. The highest BCUT2D eigenvalue weighted by molar-refractivity contribution is 9.10. The molecule has 0 amide bonds. The Morgan fingerprint density at radius 2 is 2.05 bits per heavy atom. The fraction of sp³-hybridized carbons (Fsp3) is 0.286. The Bertz CT molecular complexity index is 589. The van der Waals surface area contributed by atoms with Gasteiger partial charge in [0.25, 0.3) is 0 Å². The molecule has 0 radical (unpaired) electrons. The molecular weight excluding hydrogens is 309 g/mol. The van der Waals surface area contributed by atoms with Crippen molar-refractivity contribution in [2.45, 2.75) is 20.3 Å². The molecule has 3 nitrogen and oxygen atoms in total. The minimum Gasteiger partial charge on any atom is -0.373 e. The van der Waals surface area contributed by atoms with E-state index >= 15 is 0 Å². The van der Waals surface area contributed by atoms with E-state index in [1.165, 1.54) is 6.07 Å². The van der Waals surface area contributed by atoms with E-state index in [1.54, 1.807) is 12.1 Å². The first-order valence-electron chi connectivity index (χ1n) is 6.07. The van der Waals surface area contributed by atoms with Crippen LogP contribution in [0.2, 0.25) is 0 Å². The van der Waals surface area contributed by atoms with Gasteiger partial charge >= 0.3 is 0 Å². The monoisotopic (exact) mass is 323 g/mol. The van der Waals surface area contributed by atoms with Crippen molar-refractivity contribution in [3.8, 4) is 11.4 Å². The summed E-state index contributed by atoms with van der Waals surface area (Å²) in [6.45, 7) is 4.03. The van der Waals surface area contributed by atoms with Crippen LogP contribution in [0.3, 0.4) is 0 Å². The van der Waals surface area contributed by atoms with Gasteiger partial charge in [-0.15, -0.1) is 0 Å². The topological polar surface area (TPSA) is 37.8 Å². The zero-order valence-corrected chi connectivity index (χ0v) is 12.7. The minimum atomic E-state index is -0.314. The number of hydrogen-bond acceptors (Lipinski definition) is 3. The number of aryl methyl sites for hydroxylation is 1. The highest BCUT2D eigenvalue weighted by Gasteiger charge is 2.11. The Morgan fingerprint density at radius 1 is 1.32 bits per heavy atom. The van der Waals surface area contributed by atoms with Gasteiger partial charge < -0.3 is 5.32 Å². The molecule has 0 saturated carbocycles. The van der Waals surface area contributed by atoms with Crippen LogP contribution in [0.25, 0.3) is 11.4 Å². The van der Waals surface area contributed by atoms with Gasteiger partial charge in [-0.05, 0) is 47.5 Å². The van der Waals surface area contributed by atoms with Gasteiger partial charge in [0, 0.05) is 23.9 Å². The van der Waals surface area contributed by atoms with Crippen LogP contribution >= 0.6 is 15.9 Å². The number of halogens is 2. The van der Waals surface area contributed by atoms with Gasteiger partial charge in [0.1, 0.15) is 11.6 Å². The van der Waals surface area contributed by atoms with Gasteiger partial charge in [-0.3, -0.25) is 0 Å². The van der Waals surface area contributed by atoms with Crippen molar-refractivity contribution in [3.63, 3.8) is 0 Å². The number of nitrogens with zero attached hydrogens (tertiary/aromatic N) is 2. The Morgan fingerprint density at radius 3 is 2.63 bits per heavy atom. The van der Waals surface area contributed by atoms with E-state index in [2.05, 4.69) is 31.2 Å². The number of aromatic nitrogens is 2. The molecule has 0 fully saturated rings. The summed E-state index contributed by atoms with van der Waals surface area (Å²) in [7, 11) is 1.82. The molecule has 1 aromatic heterocycles. The molecule has 5 heteroatoms. The normalized spacial score (nSPS) is 10.6. The van der Waals surface area contributed by atoms with Gasteiger partial charge in [-0.2, -0.15) is 0 Å². The Hall–Kier alpha value is -1.49. The molecule has 1 N–H and O–H groups in total. The quantitative estimate of drug-likeness (QED) is 0.929. The summed E-state index contributed by atoms with van der Waals surface area (Å²) in [5, 5.41) is 3.05. The summed E-state index contributed by atoms with van der Waals surface area (Å²) in [4.78, 5) is 8.94. The maximum Gasteiger partial charge on any atom is 0.161 e. The Balaban J connectivity index is 2.58. The molecule has 2 rings (SSSR count). The summed E-state index contributed by atoms with van der Waals surface area (Å²) < 4.78 is 14.0. The van der Waals surface area contributed by atoms with Crippen LogP contribution in [0.1, 0.15) is 18.2 Å². The van der Waals surface area contributed by atoms with Gasteiger partial charge in [-0.1, -0.05) is 6.92 Å². The fourth-order valence-electron chi connectivity index (χ4n) is 1.92. The lowest BCUT2D eigenvalue weighted by Crippen LogP contribution is -2.04. The molecule has 0 unspecified atom stereocenters. The van der Waals surface area contributed by atoms with E-state index in [1.807, 2.05) is 20.9 Å². The van der Waals surface area contributed by atoms with Crippen molar-refractivity contribution < 1.29 is 4.39 Å². The number of hydrogen-bond donors (Lipinski definition) is 1. The number of benzene rings is 1. The van der Waals surface area contributed by atoms with Gasteiger partial charge in [0.2, 0.25) is 0 Å². The van der Waals surface area contributed by atoms with Crippen LogP contribution in [0.15, 0.2) is 22.7 Å². The molecule has 19 heavy (non-hydrogen) atoms. The second-order valence-corrected chi connectivity index (χ2v) is 5.05. The predicted molar refractivity (Wildman–Crippen MR) is 78.8 cm³/mol. The maximum absolute atomic E-state index is 13.6. The van der Waals surface area contributed by atoms with E-state index in [-0.39, 0.29) is 5.82 Å². The van der Waals surface area contributed by atoms with E-state index in [4.69, 9.17) is 0 Å². The van der Waals surface area contributed by atoms with Crippen LogP contribution in [0.4, 0.5) is 10.2 Å². The van der Waals surface area contributed by atoms with Crippen LogP contribution in [0.5, 0.6) is 0 Å². The van der Waals surface area contributed by atoms with Crippen LogP contribution < -0.4 is 5.32 Å². The highest BCUT2D eigenvalue weighted by atomic mass is 79.9. The lowest BCUT2D eigenvalue weighted by molar-refractivity contribution is 0.621. The molecule has 0 bridgehead atoms. The number of rotatable bonds is 3. The molecule has 0 saturated heterocycles. The number of nitrogens with one attached hydrogen (secondary N) is 1. The molecule has 0 aliphatic rings. The van der Waals surface area contributed by atoms with Crippen molar-refractivity contribution in [3.05, 3.63) is 39.7 Å². The third kappa shape index (κ3) is 2.76. The first-order chi connectivity index (χ1) is 9.06. The SMILES string of the molecule is CCc1nc(-c2ccc(Br)c(F)c2)nc(NC)c1C. The first-order valence-corrected chi connectivity index (χ1v) is 6.86. The standard InChI is InChI=1S/C14H15BrFN3/c1-4-12-8(2)13(17-3)19-14(18-12)9-5-6-10(15)11(16)7-9/h5-7H,4H2,1-3H3,(H,17,18,19). The van der Waals surface area contributed by atoms with E-state index < -0.39 is 0 Å². The Kier molecular flexibility index (Phi) is 4.14. The Labute approximate surface area is 120 Å². The zero-order chi connectivity index (χ0) is 14.0. The van der Waals surface area contributed by atoms with Gasteiger partial charge in [0.05, 0.1) is 4.47 Å². The zero-order valence-electron chi connectivity index (χ0n) is 11.1. The summed E-state index contributed by atoms with van der Waals surface area (Å²) in [5.41, 5.74) is 2.68. The third-order valence-electron chi connectivity index (χ3n) is 3.00. The minimum absolute atomic E-state index is 0.314. The molecule has 1 heterocycles. The smallest absolute Gasteiger partial charge is 0.161 e. The van der Waals surface area contributed by atoms with E-state index in [0.29, 0.717) is 15.9 Å². The van der Waals surface area contributed by atoms with Crippen molar-refractivity contribution in [2.24, 2.45) is 0 Å². The van der Waals surface area contributed by atoms with Crippen LogP contribution in [-0.2, 0) is 6.42 Å². The molecule has 0 spiro atoms. The second kappa shape index (κ2) is 5.65. The molecule has 100 valence electrons. The summed E-state index contributed by atoms with van der Waals surface area (Å²) in [5.74, 6) is 1.01. The van der Waals surface area contributed by atoms with Crippen molar-refractivity contribution in [1.29, 1.82) is 0 Å². The largest absolute Gasteiger partial charge is 0.373 e. The average molecular weight is 324 g/mol. The first kappa shape index (κ1) is 13.9. The van der Waals surface area contributed by atoms with E-state index in [0.717, 1.165) is 23.5 Å². The molecule has 2 aromatic rings. The van der Waals surface area contributed by atoms with Crippen LogP contribution in [0, 0.1) is 12.7 Å². The predicted octanol–water partition coefficient (Wildman–Crippen LogP) is 3.96. The van der Waals surface area contributed by atoms with Gasteiger partial charge in [0.15, 0.2) is 5.82 Å². The molecule has 1 aromatic carbocycles. The molecule has 0 atom stereocenters. The van der Waals surface area contributed by atoms with Crippen LogP contribution in [-0.4, -0.2) is 17.0 Å². The summed E-state index contributed by atoms with van der Waals surface area (Å²) in [6, 6.07) is 4.91. The van der Waals surface area contributed by atoms with Crippen molar-refractivity contribution >= 4 is 21.7 Å². The lowest BCUT2D eigenvalue weighted by atomic mass is 10.1. The molecular formula is C14H15BrFN3. The molecule has 0 aliphatic heterocycles. The van der Waals surface area contributed by atoms with Gasteiger partial charge in [-0.25, -0.2) is 14.4 Å². The maximum atomic E-state index is 13.6. The highest BCUT2D eigenvalue weighted by Crippen LogP contribution is 2.25. The fourth-order valence-corrected chi connectivity index (χ4v) is 2.16. The summed E-state index contributed by atoms with van der Waals surface area (Å²) >= 11 is 3.14. The van der Waals surface area contributed by atoms with E-state index in [9.17, 15) is 4.39 Å². The average Bonchev–Trinajstić information content (AvgIpc) is 2.42. The van der Waals surface area contributed by atoms with Crippen molar-refractivity contribution in [2.75, 3.05) is 12.4 Å². The third-order valence-corrected chi connectivity index (χ3v) is 3.64. The number of anilines is 1. The van der Waals surface area contributed by atoms with Crippen molar-refractivity contribution in [1.82, 2.24) is 9.97 Å².